The lowest BCUT2D eigenvalue weighted by Crippen LogP contribution is -2.28. The lowest BCUT2D eigenvalue weighted by molar-refractivity contribution is 0.0123. The summed E-state index contributed by atoms with van der Waals surface area (Å²) < 4.78 is 5.36. The molecule has 0 aliphatic heterocycles. The van der Waals surface area contributed by atoms with Gasteiger partial charge in [-0.25, -0.2) is 0 Å². The molecule has 1 unspecified atom stereocenters. The summed E-state index contributed by atoms with van der Waals surface area (Å²) in [5.74, 6) is 0. The van der Waals surface area contributed by atoms with Crippen LogP contribution in [0.4, 0.5) is 0 Å². The van der Waals surface area contributed by atoms with Crippen LogP contribution in [-0.2, 0) is 4.74 Å². The Labute approximate surface area is 89.2 Å². The molecule has 2 N–H and O–H groups in total. The smallest absolute Gasteiger partial charge is 0.0623 e. The van der Waals surface area contributed by atoms with Crippen LogP contribution in [0.25, 0.3) is 0 Å². The molecule has 86 valence electrons. The van der Waals surface area contributed by atoms with Crippen molar-refractivity contribution < 1.29 is 4.74 Å². The van der Waals surface area contributed by atoms with E-state index in [1.165, 1.54) is 19.3 Å². The summed E-state index contributed by atoms with van der Waals surface area (Å²) in [6, 6.07) is 0.357. The van der Waals surface area contributed by atoms with E-state index in [2.05, 4.69) is 20.8 Å². The van der Waals surface area contributed by atoms with Crippen molar-refractivity contribution in [1.82, 2.24) is 0 Å². The molecule has 0 aromatic carbocycles. The molecule has 0 fully saturated rings. The summed E-state index contributed by atoms with van der Waals surface area (Å²) in [6.07, 6.45) is 7.14. The molecule has 2 heteroatoms. The second-order valence-corrected chi connectivity index (χ2v) is 4.76. The van der Waals surface area contributed by atoms with E-state index in [0.29, 0.717) is 6.04 Å². The third-order valence-corrected chi connectivity index (χ3v) is 2.85. The maximum atomic E-state index is 6.02. The SMILES string of the molecule is CCCCCC(N)CCC(C)(C)OC. The fourth-order valence-electron chi connectivity index (χ4n) is 1.44. The van der Waals surface area contributed by atoms with E-state index in [1.54, 1.807) is 7.11 Å². The average Bonchev–Trinajstić information content (AvgIpc) is 2.16. The van der Waals surface area contributed by atoms with Gasteiger partial charge in [-0.1, -0.05) is 26.2 Å². The Balaban J connectivity index is 3.48. The number of methoxy groups -OCH3 is 1. The predicted octanol–water partition coefficient (Wildman–Crippen LogP) is 3.10. The summed E-state index contributed by atoms with van der Waals surface area (Å²) in [4.78, 5) is 0. The van der Waals surface area contributed by atoms with Crippen molar-refractivity contribution in [2.45, 2.75) is 70.9 Å². The van der Waals surface area contributed by atoms with Crippen LogP contribution < -0.4 is 5.73 Å². The van der Waals surface area contributed by atoms with Crippen LogP contribution >= 0.6 is 0 Å². The molecule has 0 amide bonds. The van der Waals surface area contributed by atoms with Gasteiger partial charge in [0.15, 0.2) is 0 Å². The van der Waals surface area contributed by atoms with E-state index in [-0.39, 0.29) is 5.60 Å². The molecule has 0 bridgehead atoms. The molecule has 0 aliphatic carbocycles. The van der Waals surface area contributed by atoms with E-state index in [1.807, 2.05) is 0 Å². The van der Waals surface area contributed by atoms with Crippen LogP contribution in [0, 0.1) is 0 Å². The quantitative estimate of drug-likeness (QED) is 0.612. The highest BCUT2D eigenvalue weighted by molar-refractivity contribution is 4.72. The van der Waals surface area contributed by atoms with Crippen molar-refractivity contribution in [3.8, 4) is 0 Å². The molecule has 0 radical (unpaired) electrons. The van der Waals surface area contributed by atoms with Gasteiger partial charge in [-0.05, 0) is 33.1 Å². The van der Waals surface area contributed by atoms with Crippen LogP contribution in [0.5, 0.6) is 0 Å². The molecule has 0 rings (SSSR count). The Kier molecular flexibility index (Phi) is 7.20. The van der Waals surface area contributed by atoms with Crippen molar-refractivity contribution in [2.24, 2.45) is 5.73 Å². The van der Waals surface area contributed by atoms with Crippen molar-refractivity contribution in [3.63, 3.8) is 0 Å². The second kappa shape index (κ2) is 7.24. The van der Waals surface area contributed by atoms with E-state index in [9.17, 15) is 0 Å². The molecule has 0 aliphatic rings. The van der Waals surface area contributed by atoms with Gasteiger partial charge >= 0.3 is 0 Å². The fourth-order valence-corrected chi connectivity index (χ4v) is 1.44. The summed E-state index contributed by atoms with van der Waals surface area (Å²) >= 11 is 0. The fraction of sp³-hybridized carbons (Fsp3) is 1.00. The van der Waals surface area contributed by atoms with Gasteiger partial charge in [-0.15, -0.1) is 0 Å². The third-order valence-electron chi connectivity index (χ3n) is 2.85. The molecule has 0 heterocycles. The van der Waals surface area contributed by atoms with E-state index in [4.69, 9.17) is 10.5 Å². The molecular formula is C12H27NO. The highest BCUT2D eigenvalue weighted by Gasteiger charge is 2.17. The van der Waals surface area contributed by atoms with Crippen LogP contribution in [0.15, 0.2) is 0 Å². The van der Waals surface area contributed by atoms with Gasteiger partial charge in [0.05, 0.1) is 5.60 Å². The zero-order valence-corrected chi connectivity index (χ0v) is 10.3. The van der Waals surface area contributed by atoms with Gasteiger partial charge < -0.3 is 10.5 Å². The highest BCUT2D eigenvalue weighted by Crippen LogP contribution is 2.17. The van der Waals surface area contributed by atoms with Gasteiger partial charge in [0.2, 0.25) is 0 Å². The maximum Gasteiger partial charge on any atom is 0.0623 e. The summed E-state index contributed by atoms with van der Waals surface area (Å²) in [5.41, 5.74) is 6.01. The molecule has 0 spiro atoms. The topological polar surface area (TPSA) is 35.2 Å². The molecule has 1 atom stereocenters. The van der Waals surface area contributed by atoms with Gasteiger partial charge in [-0.3, -0.25) is 0 Å². The van der Waals surface area contributed by atoms with Gasteiger partial charge in [0.1, 0.15) is 0 Å². The first kappa shape index (κ1) is 13.9. The minimum Gasteiger partial charge on any atom is -0.379 e. The Morgan fingerprint density at radius 1 is 1.21 bits per heavy atom. The minimum atomic E-state index is -0.0115. The average molecular weight is 201 g/mol. The van der Waals surface area contributed by atoms with Gasteiger partial charge in [0.25, 0.3) is 0 Å². The molecule has 14 heavy (non-hydrogen) atoms. The van der Waals surface area contributed by atoms with Crippen LogP contribution in [0.2, 0.25) is 0 Å². The number of ether oxygens (including phenoxy) is 1. The summed E-state index contributed by atoms with van der Waals surface area (Å²) in [7, 11) is 1.77. The molecule has 0 aromatic heterocycles. The van der Waals surface area contributed by atoms with Crippen molar-refractivity contribution in [3.05, 3.63) is 0 Å². The number of hydrogen-bond donors (Lipinski definition) is 1. The summed E-state index contributed by atoms with van der Waals surface area (Å²) in [6.45, 7) is 6.46. The minimum absolute atomic E-state index is 0.0115. The lowest BCUT2D eigenvalue weighted by Gasteiger charge is -2.24. The lowest BCUT2D eigenvalue weighted by atomic mass is 9.96. The molecular weight excluding hydrogens is 174 g/mol. The molecule has 0 saturated heterocycles. The zero-order valence-electron chi connectivity index (χ0n) is 10.3. The van der Waals surface area contributed by atoms with Gasteiger partial charge in [-0.2, -0.15) is 0 Å². The molecule has 0 saturated carbocycles. The van der Waals surface area contributed by atoms with Crippen molar-refractivity contribution in [1.29, 1.82) is 0 Å². The number of rotatable bonds is 8. The predicted molar refractivity (Wildman–Crippen MR) is 62.4 cm³/mol. The Morgan fingerprint density at radius 3 is 2.36 bits per heavy atom. The first-order chi connectivity index (χ1) is 6.52. The normalized spacial score (nSPS) is 14.4. The number of nitrogens with two attached hydrogens (primary N) is 1. The van der Waals surface area contributed by atoms with Crippen LogP contribution in [0.1, 0.15) is 59.3 Å². The zero-order chi connectivity index (χ0) is 11.0. The Hall–Kier alpha value is -0.0800. The highest BCUT2D eigenvalue weighted by atomic mass is 16.5. The molecule has 2 nitrogen and oxygen atoms in total. The van der Waals surface area contributed by atoms with E-state index < -0.39 is 0 Å². The monoisotopic (exact) mass is 201 g/mol. The first-order valence-corrected chi connectivity index (χ1v) is 5.82. The number of hydrogen-bond acceptors (Lipinski definition) is 2. The third kappa shape index (κ3) is 7.34. The van der Waals surface area contributed by atoms with Gasteiger partial charge in [0, 0.05) is 13.2 Å². The standard InChI is InChI=1S/C12H27NO/c1-5-6-7-8-11(13)9-10-12(2,3)14-4/h11H,5-10,13H2,1-4H3. The molecule has 0 aromatic rings. The maximum absolute atomic E-state index is 6.02. The largest absolute Gasteiger partial charge is 0.379 e. The van der Waals surface area contributed by atoms with Crippen LogP contribution in [0.3, 0.4) is 0 Å². The second-order valence-electron chi connectivity index (χ2n) is 4.76. The number of unbranched alkanes of at least 4 members (excludes halogenated alkanes) is 2. The van der Waals surface area contributed by atoms with Crippen molar-refractivity contribution in [2.75, 3.05) is 7.11 Å². The van der Waals surface area contributed by atoms with Crippen LogP contribution in [-0.4, -0.2) is 18.8 Å². The Bertz CT molecular complexity index is 134. The van der Waals surface area contributed by atoms with E-state index >= 15 is 0 Å². The first-order valence-electron chi connectivity index (χ1n) is 5.82. The van der Waals surface area contributed by atoms with Crippen molar-refractivity contribution >= 4 is 0 Å². The van der Waals surface area contributed by atoms with E-state index in [0.717, 1.165) is 19.3 Å². The Morgan fingerprint density at radius 2 is 1.86 bits per heavy atom. The summed E-state index contributed by atoms with van der Waals surface area (Å²) in [5, 5.41) is 0.